The standard InChI is InChI=1S/C8H3IN2OS/c9-7-1-5(4-13-7)8(12)6(2-10)3-11/h1,4,6H. The number of thiophene rings is 1. The Kier molecular flexibility index (Phi) is 3.40. The summed E-state index contributed by atoms with van der Waals surface area (Å²) in [5.41, 5.74) is 0.447. The third-order valence-corrected chi connectivity index (χ3v) is 3.16. The van der Waals surface area contributed by atoms with Crippen LogP contribution in [-0.4, -0.2) is 5.78 Å². The number of halogens is 1. The highest BCUT2D eigenvalue weighted by molar-refractivity contribution is 14.1. The largest absolute Gasteiger partial charge is 0.291 e. The highest BCUT2D eigenvalue weighted by atomic mass is 127. The van der Waals surface area contributed by atoms with Gasteiger partial charge < -0.3 is 0 Å². The van der Waals surface area contributed by atoms with Crippen molar-refractivity contribution in [3.8, 4) is 12.1 Å². The van der Waals surface area contributed by atoms with Gasteiger partial charge in [-0.05, 0) is 28.7 Å². The minimum atomic E-state index is -1.18. The van der Waals surface area contributed by atoms with Crippen LogP contribution in [0.1, 0.15) is 10.4 Å². The first-order chi connectivity index (χ1) is 6.19. The molecule has 0 amide bonds. The molecule has 0 saturated carbocycles. The van der Waals surface area contributed by atoms with Crippen LogP contribution in [0.4, 0.5) is 0 Å². The van der Waals surface area contributed by atoms with Crippen LogP contribution in [0.15, 0.2) is 11.4 Å². The molecule has 1 rings (SSSR count). The Labute approximate surface area is 92.7 Å². The Bertz CT molecular complexity index is 399. The molecule has 0 fully saturated rings. The van der Waals surface area contributed by atoms with Gasteiger partial charge in [-0.25, -0.2) is 0 Å². The molecular weight excluding hydrogens is 299 g/mol. The molecule has 0 unspecified atom stereocenters. The molecule has 1 heterocycles. The summed E-state index contributed by atoms with van der Waals surface area (Å²) in [4.78, 5) is 11.4. The van der Waals surface area contributed by atoms with Crippen molar-refractivity contribution in [1.82, 2.24) is 0 Å². The van der Waals surface area contributed by atoms with E-state index in [1.165, 1.54) is 11.3 Å². The SMILES string of the molecule is N#CC(C#N)C(=O)c1csc(I)c1. The summed E-state index contributed by atoms with van der Waals surface area (Å²) in [5, 5.41) is 18.6. The second-order valence-corrected chi connectivity index (χ2v) is 5.00. The fourth-order valence-corrected chi connectivity index (χ4v) is 2.09. The average Bonchev–Trinajstić information content (AvgIpc) is 2.54. The van der Waals surface area contributed by atoms with Gasteiger partial charge in [0.1, 0.15) is 0 Å². The molecule has 0 radical (unpaired) electrons. The fourth-order valence-electron chi connectivity index (χ4n) is 0.752. The van der Waals surface area contributed by atoms with E-state index in [0.29, 0.717) is 5.56 Å². The van der Waals surface area contributed by atoms with Crippen molar-refractivity contribution in [2.45, 2.75) is 0 Å². The number of hydrogen-bond donors (Lipinski definition) is 0. The monoisotopic (exact) mass is 302 g/mol. The molecule has 0 saturated heterocycles. The molecule has 0 aliphatic heterocycles. The van der Waals surface area contributed by atoms with Gasteiger partial charge >= 0.3 is 0 Å². The molecule has 5 heteroatoms. The predicted octanol–water partition coefficient (Wildman–Crippen LogP) is 2.20. The number of hydrogen-bond acceptors (Lipinski definition) is 4. The lowest BCUT2D eigenvalue weighted by Crippen LogP contribution is -2.09. The van der Waals surface area contributed by atoms with Gasteiger partial charge in [-0.15, -0.1) is 11.3 Å². The van der Waals surface area contributed by atoms with E-state index in [1.807, 2.05) is 0 Å². The minimum Gasteiger partial charge on any atom is -0.291 e. The van der Waals surface area contributed by atoms with Gasteiger partial charge in [-0.1, -0.05) is 0 Å². The molecule has 0 aliphatic rings. The van der Waals surface area contributed by atoms with Crippen LogP contribution < -0.4 is 0 Å². The number of rotatable bonds is 2. The van der Waals surface area contributed by atoms with Crippen LogP contribution in [0, 0.1) is 31.5 Å². The molecule has 0 aliphatic carbocycles. The lowest BCUT2D eigenvalue weighted by molar-refractivity contribution is 0.0971. The van der Waals surface area contributed by atoms with E-state index in [0.717, 1.165) is 2.88 Å². The van der Waals surface area contributed by atoms with E-state index in [4.69, 9.17) is 10.5 Å². The lowest BCUT2D eigenvalue weighted by atomic mass is 10.0. The van der Waals surface area contributed by atoms with E-state index in [-0.39, 0.29) is 0 Å². The summed E-state index contributed by atoms with van der Waals surface area (Å²) in [7, 11) is 0. The summed E-state index contributed by atoms with van der Waals surface area (Å²) in [6, 6.07) is 4.98. The summed E-state index contributed by atoms with van der Waals surface area (Å²) in [6.45, 7) is 0. The number of nitriles is 2. The summed E-state index contributed by atoms with van der Waals surface area (Å²) >= 11 is 3.50. The van der Waals surface area contributed by atoms with Crippen molar-refractivity contribution in [1.29, 1.82) is 10.5 Å². The quantitative estimate of drug-likeness (QED) is 0.621. The Morgan fingerprint density at radius 3 is 2.54 bits per heavy atom. The maximum absolute atomic E-state index is 11.4. The number of nitrogens with zero attached hydrogens (tertiary/aromatic N) is 2. The van der Waals surface area contributed by atoms with Crippen LogP contribution in [0.25, 0.3) is 0 Å². The Morgan fingerprint density at radius 1 is 1.54 bits per heavy atom. The third kappa shape index (κ3) is 2.27. The number of carbonyl (C=O) groups excluding carboxylic acids is 1. The molecular formula is C8H3IN2OS. The van der Waals surface area contributed by atoms with Crippen LogP contribution in [-0.2, 0) is 0 Å². The molecule has 3 nitrogen and oxygen atoms in total. The van der Waals surface area contributed by atoms with Gasteiger partial charge in [0.15, 0.2) is 11.7 Å². The van der Waals surface area contributed by atoms with Crippen molar-refractivity contribution in [3.05, 3.63) is 19.9 Å². The summed E-state index contributed by atoms with van der Waals surface area (Å²) < 4.78 is 0.968. The number of ketones is 1. The Balaban J connectivity index is 2.94. The van der Waals surface area contributed by atoms with E-state index < -0.39 is 11.7 Å². The maximum Gasteiger partial charge on any atom is 0.195 e. The molecule has 64 valence electrons. The third-order valence-electron chi connectivity index (χ3n) is 1.37. The van der Waals surface area contributed by atoms with Gasteiger partial charge in [0.2, 0.25) is 0 Å². The van der Waals surface area contributed by atoms with Crippen molar-refractivity contribution in [2.24, 2.45) is 5.92 Å². The van der Waals surface area contributed by atoms with Crippen LogP contribution in [0.2, 0.25) is 0 Å². The Hall–Kier alpha value is -0.920. The van der Waals surface area contributed by atoms with E-state index in [2.05, 4.69) is 22.6 Å². The number of carbonyl (C=O) groups is 1. The van der Waals surface area contributed by atoms with E-state index in [1.54, 1.807) is 23.6 Å². The van der Waals surface area contributed by atoms with E-state index >= 15 is 0 Å². The zero-order valence-corrected chi connectivity index (χ0v) is 9.29. The molecule has 0 N–H and O–H groups in total. The van der Waals surface area contributed by atoms with Gasteiger partial charge in [0, 0.05) is 10.9 Å². The van der Waals surface area contributed by atoms with Gasteiger partial charge in [0.05, 0.1) is 15.0 Å². The van der Waals surface area contributed by atoms with Crippen molar-refractivity contribution in [3.63, 3.8) is 0 Å². The molecule has 1 aromatic rings. The summed E-state index contributed by atoms with van der Waals surface area (Å²) in [6.07, 6.45) is 0. The van der Waals surface area contributed by atoms with Crippen LogP contribution in [0.3, 0.4) is 0 Å². The molecule has 1 aromatic heterocycles. The minimum absolute atomic E-state index is 0.413. The maximum atomic E-state index is 11.4. The molecule has 13 heavy (non-hydrogen) atoms. The zero-order valence-electron chi connectivity index (χ0n) is 6.32. The average molecular weight is 302 g/mol. The summed E-state index contributed by atoms with van der Waals surface area (Å²) in [5.74, 6) is -1.59. The molecule has 0 aromatic carbocycles. The molecule has 0 spiro atoms. The van der Waals surface area contributed by atoms with Crippen molar-refractivity contribution < 1.29 is 4.79 Å². The smallest absolute Gasteiger partial charge is 0.195 e. The van der Waals surface area contributed by atoms with Crippen molar-refractivity contribution >= 4 is 39.7 Å². The molecule has 0 atom stereocenters. The first-order valence-corrected chi connectivity index (χ1v) is 5.22. The van der Waals surface area contributed by atoms with Gasteiger partial charge in [-0.2, -0.15) is 10.5 Å². The second-order valence-electron chi connectivity index (χ2n) is 2.19. The van der Waals surface area contributed by atoms with Gasteiger partial charge in [-0.3, -0.25) is 4.79 Å². The van der Waals surface area contributed by atoms with Crippen LogP contribution >= 0.6 is 33.9 Å². The normalized spacial score (nSPS) is 9.23. The van der Waals surface area contributed by atoms with Gasteiger partial charge in [0.25, 0.3) is 0 Å². The fraction of sp³-hybridized carbons (Fsp3) is 0.125. The topological polar surface area (TPSA) is 64.7 Å². The van der Waals surface area contributed by atoms with Crippen molar-refractivity contribution in [2.75, 3.05) is 0 Å². The first kappa shape index (κ1) is 10.2. The lowest BCUT2D eigenvalue weighted by Gasteiger charge is -1.93. The zero-order chi connectivity index (χ0) is 9.84. The van der Waals surface area contributed by atoms with E-state index in [9.17, 15) is 4.79 Å². The molecule has 0 bridgehead atoms. The predicted molar refractivity (Wildman–Crippen MR) is 56.1 cm³/mol. The number of Topliss-reactive ketones (excluding diaryl/α,β-unsaturated/α-hetero) is 1. The van der Waals surface area contributed by atoms with Crippen LogP contribution in [0.5, 0.6) is 0 Å². The Morgan fingerprint density at radius 2 is 2.15 bits per heavy atom. The second kappa shape index (κ2) is 4.35. The first-order valence-electron chi connectivity index (χ1n) is 3.26. The highest BCUT2D eigenvalue weighted by Crippen LogP contribution is 2.19. The highest BCUT2D eigenvalue weighted by Gasteiger charge is 2.19.